The van der Waals surface area contributed by atoms with Crippen LogP contribution in [-0.4, -0.2) is 12.2 Å². The molecule has 0 spiro atoms. The summed E-state index contributed by atoms with van der Waals surface area (Å²) in [6.07, 6.45) is 0.552. The van der Waals surface area contributed by atoms with Gasteiger partial charge in [0.2, 0.25) is 0 Å². The van der Waals surface area contributed by atoms with Crippen molar-refractivity contribution in [3.05, 3.63) is 20.3 Å². The van der Waals surface area contributed by atoms with E-state index in [2.05, 4.69) is 49.7 Å². The Morgan fingerprint density at radius 1 is 1.35 bits per heavy atom. The van der Waals surface area contributed by atoms with Crippen LogP contribution < -0.4 is 5.73 Å². The van der Waals surface area contributed by atoms with E-state index in [-0.39, 0.29) is 12.1 Å². The number of halogens is 1. The quantitative estimate of drug-likeness (QED) is 0.898. The summed E-state index contributed by atoms with van der Waals surface area (Å²) < 4.78 is 7.05. The lowest BCUT2D eigenvalue weighted by molar-refractivity contribution is 0.0489. The highest BCUT2D eigenvalue weighted by Crippen LogP contribution is 2.42. The topological polar surface area (TPSA) is 35.2 Å². The zero-order valence-electron chi connectivity index (χ0n) is 10.7. The minimum absolute atomic E-state index is 0.0764. The molecular weight excluding hydrogens is 298 g/mol. The summed E-state index contributed by atoms with van der Waals surface area (Å²) in [7, 11) is 0. The number of hydrogen-bond acceptors (Lipinski definition) is 3. The molecule has 1 aromatic heterocycles. The molecule has 0 saturated carbocycles. The monoisotopic (exact) mass is 317 g/mol. The Hall–Kier alpha value is 0.1000. The van der Waals surface area contributed by atoms with E-state index in [1.807, 2.05) is 0 Å². The zero-order valence-corrected chi connectivity index (χ0v) is 13.1. The van der Waals surface area contributed by atoms with E-state index in [9.17, 15) is 0 Å². The van der Waals surface area contributed by atoms with Gasteiger partial charge in [-0.25, -0.2) is 0 Å². The number of hydrogen-bond donors (Lipinski definition) is 1. The molecule has 5 unspecified atom stereocenters. The van der Waals surface area contributed by atoms with Crippen LogP contribution in [0.3, 0.4) is 0 Å². The molecule has 5 atom stereocenters. The van der Waals surface area contributed by atoms with Gasteiger partial charge in [-0.3, -0.25) is 0 Å². The highest BCUT2D eigenvalue weighted by atomic mass is 79.9. The summed E-state index contributed by atoms with van der Waals surface area (Å²) in [4.78, 5) is 1.31. The van der Waals surface area contributed by atoms with Crippen LogP contribution in [0.1, 0.15) is 37.3 Å². The van der Waals surface area contributed by atoms with Crippen molar-refractivity contribution in [2.45, 2.75) is 45.9 Å². The average Bonchev–Trinajstić information content (AvgIpc) is 2.68. The molecule has 0 aromatic carbocycles. The summed E-state index contributed by atoms with van der Waals surface area (Å²) in [5.74, 6) is 0.920. The van der Waals surface area contributed by atoms with Gasteiger partial charge < -0.3 is 10.5 Å². The van der Waals surface area contributed by atoms with E-state index in [0.717, 1.165) is 3.79 Å². The van der Waals surface area contributed by atoms with Crippen molar-refractivity contribution in [3.8, 4) is 0 Å². The first-order valence-corrected chi connectivity index (χ1v) is 7.69. The summed E-state index contributed by atoms with van der Waals surface area (Å²) in [6, 6.07) is 2.24. The number of nitrogens with two attached hydrogens (primary N) is 1. The summed E-state index contributed by atoms with van der Waals surface area (Å²) in [5, 5.41) is 0. The van der Waals surface area contributed by atoms with Gasteiger partial charge in [-0.2, -0.15) is 0 Å². The van der Waals surface area contributed by atoms with Gasteiger partial charge in [-0.15, -0.1) is 11.3 Å². The third-order valence-electron chi connectivity index (χ3n) is 4.02. The van der Waals surface area contributed by atoms with Crippen molar-refractivity contribution in [1.29, 1.82) is 0 Å². The zero-order chi connectivity index (χ0) is 12.7. The number of rotatable bonds is 2. The Labute approximate surface area is 116 Å². The minimum Gasteiger partial charge on any atom is -0.375 e. The van der Waals surface area contributed by atoms with Crippen LogP contribution in [0.5, 0.6) is 0 Å². The van der Waals surface area contributed by atoms with Crippen molar-refractivity contribution < 1.29 is 4.74 Å². The molecule has 0 radical (unpaired) electrons. The molecule has 4 heteroatoms. The lowest BCUT2D eigenvalue weighted by atomic mass is 9.81. The van der Waals surface area contributed by atoms with Gasteiger partial charge >= 0.3 is 0 Å². The molecule has 2 N–H and O–H groups in total. The summed E-state index contributed by atoms with van der Waals surface area (Å²) >= 11 is 5.29. The van der Waals surface area contributed by atoms with Crippen LogP contribution in [0.4, 0.5) is 0 Å². The molecule has 1 fully saturated rings. The third-order valence-corrected chi connectivity index (χ3v) is 5.59. The molecule has 1 aliphatic rings. The van der Waals surface area contributed by atoms with E-state index >= 15 is 0 Å². The molecule has 0 aliphatic carbocycles. The molecule has 17 heavy (non-hydrogen) atoms. The van der Waals surface area contributed by atoms with E-state index < -0.39 is 0 Å². The molecule has 0 bridgehead atoms. The van der Waals surface area contributed by atoms with Gasteiger partial charge in [0.05, 0.1) is 16.0 Å². The number of ether oxygens (including phenoxy) is 1. The molecule has 1 aromatic rings. The van der Waals surface area contributed by atoms with Crippen LogP contribution in [-0.2, 0) is 4.74 Å². The average molecular weight is 318 g/mol. The van der Waals surface area contributed by atoms with Gasteiger partial charge in [0, 0.05) is 16.8 Å². The minimum atomic E-state index is 0.0764. The summed E-state index contributed by atoms with van der Waals surface area (Å²) in [6.45, 7) is 8.67. The molecule has 2 heterocycles. The molecular formula is C13H20BrNOS. The fraction of sp³-hybridized carbons (Fsp3) is 0.692. The predicted octanol–water partition coefficient (Wildman–Crippen LogP) is 3.88. The van der Waals surface area contributed by atoms with Gasteiger partial charge in [0.15, 0.2) is 0 Å². The largest absolute Gasteiger partial charge is 0.375 e. The molecule has 1 aliphatic heterocycles. The number of aryl methyl sites for hydroxylation is 1. The van der Waals surface area contributed by atoms with Crippen LogP contribution in [0, 0.1) is 18.8 Å². The maximum absolute atomic E-state index is 6.46. The Balaban J connectivity index is 2.25. The second-order valence-electron chi connectivity index (χ2n) is 5.07. The first-order valence-electron chi connectivity index (χ1n) is 6.08. The highest BCUT2D eigenvalue weighted by molar-refractivity contribution is 9.11. The second-order valence-corrected chi connectivity index (χ2v) is 7.71. The van der Waals surface area contributed by atoms with E-state index in [4.69, 9.17) is 10.5 Å². The van der Waals surface area contributed by atoms with Gasteiger partial charge in [-0.05, 0) is 54.2 Å². The first-order chi connectivity index (χ1) is 7.91. The van der Waals surface area contributed by atoms with Crippen LogP contribution >= 0.6 is 27.3 Å². The Morgan fingerprint density at radius 3 is 2.41 bits per heavy atom. The maximum atomic E-state index is 6.46. The van der Waals surface area contributed by atoms with Gasteiger partial charge in [0.25, 0.3) is 0 Å². The van der Waals surface area contributed by atoms with Crippen molar-refractivity contribution >= 4 is 27.3 Å². The second kappa shape index (κ2) is 5.00. The van der Waals surface area contributed by atoms with Crippen LogP contribution in [0.15, 0.2) is 9.85 Å². The van der Waals surface area contributed by atoms with Crippen molar-refractivity contribution in [3.63, 3.8) is 0 Å². The van der Waals surface area contributed by atoms with Crippen LogP contribution in [0.25, 0.3) is 0 Å². The van der Waals surface area contributed by atoms with Gasteiger partial charge in [0.1, 0.15) is 0 Å². The van der Waals surface area contributed by atoms with Crippen molar-refractivity contribution in [2.24, 2.45) is 17.6 Å². The smallest absolute Gasteiger partial charge is 0.0704 e. The van der Waals surface area contributed by atoms with E-state index in [1.165, 1.54) is 10.4 Å². The molecule has 1 saturated heterocycles. The van der Waals surface area contributed by atoms with Crippen molar-refractivity contribution in [2.75, 3.05) is 0 Å². The van der Waals surface area contributed by atoms with E-state index in [0.29, 0.717) is 17.9 Å². The highest BCUT2D eigenvalue weighted by Gasteiger charge is 2.41. The normalized spacial score (nSPS) is 35.2. The SMILES string of the molecule is Cc1sc(Br)cc1C(N)C1C(C)OC(C)C1C. The first kappa shape index (κ1) is 13.5. The van der Waals surface area contributed by atoms with E-state index in [1.54, 1.807) is 11.3 Å². The lowest BCUT2D eigenvalue weighted by Crippen LogP contribution is -2.30. The molecule has 96 valence electrons. The number of thiophene rings is 1. The van der Waals surface area contributed by atoms with Gasteiger partial charge in [-0.1, -0.05) is 6.92 Å². The predicted molar refractivity (Wildman–Crippen MR) is 76.3 cm³/mol. The van der Waals surface area contributed by atoms with Crippen LogP contribution in [0.2, 0.25) is 0 Å². The maximum Gasteiger partial charge on any atom is 0.0704 e. The Morgan fingerprint density at radius 2 is 2.00 bits per heavy atom. The Bertz CT molecular complexity index is 406. The standard InChI is InChI=1S/C13H20BrNOS/c1-6-7(2)16-8(3)12(6)13(15)10-5-11(14)17-9(10)4/h5-8,12-13H,15H2,1-4H3. The fourth-order valence-corrected chi connectivity index (χ4v) is 4.68. The summed E-state index contributed by atoms with van der Waals surface area (Å²) in [5.41, 5.74) is 7.73. The Kier molecular flexibility index (Phi) is 3.98. The third kappa shape index (κ3) is 2.46. The molecule has 2 rings (SSSR count). The molecule has 2 nitrogen and oxygen atoms in total. The van der Waals surface area contributed by atoms with Crippen molar-refractivity contribution in [1.82, 2.24) is 0 Å². The lowest BCUT2D eigenvalue weighted by Gasteiger charge is -2.25. The fourth-order valence-electron chi connectivity index (χ4n) is 2.91. The molecule has 0 amide bonds.